The largest absolute Gasteiger partial charge is 0.300 e. The normalized spacial score (nSPS) is 8.50. The quantitative estimate of drug-likeness (QED) is 0.805. The number of halogens is 1. The van der Waals surface area contributed by atoms with Crippen molar-refractivity contribution in [2.24, 2.45) is 0 Å². The van der Waals surface area contributed by atoms with E-state index in [0.717, 1.165) is 6.42 Å². The number of benzene rings is 2. The van der Waals surface area contributed by atoms with E-state index in [4.69, 9.17) is 0 Å². The Morgan fingerprint density at radius 1 is 0.833 bits per heavy atom. The third-order valence-electron chi connectivity index (χ3n) is 2.28. The summed E-state index contributed by atoms with van der Waals surface area (Å²) in [4.78, 5) is 10.6. The van der Waals surface area contributed by atoms with Crippen LogP contribution in [0.2, 0.25) is 0 Å². The van der Waals surface area contributed by atoms with Crippen LogP contribution >= 0.6 is 12.4 Å². The topological polar surface area (TPSA) is 17.1 Å². The Balaban J connectivity index is 0.000000352. The lowest BCUT2D eigenvalue weighted by Gasteiger charge is -1.96. The van der Waals surface area contributed by atoms with E-state index < -0.39 is 0 Å². The van der Waals surface area contributed by atoms with E-state index in [0.29, 0.717) is 6.42 Å². The molecule has 0 aromatic heterocycles. The molecular weight excluding hydrogens is 244 g/mol. The minimum absolute atomic E-state index is 0. The van der Waals surface area contributed by atoms with Crippen molar-refractivity contribution >= 4 is 18.2 Å². The Hall–Kier alpha value is -1.60. The van der Waals surface area contributed by atoms with Crippen LogP contribution in [0.4, 0.5) is 0 Å². The van der Waals surface area contributed by atoms with Crippen molar-refractivity contribution in [1.29, 1.82) is 0 Å². The predicted octanol–water partition coefficient (Wildman–Crippen LogP) is 4.32. The second-order valence-corrected chi connectivity index (χ2v) is 3.84. The molecule has 0 aliphatic heterocycles. The first-order chi connectivity index (χ1) is 8.29. The van der Waals surface area contributed by atoms with Gasteiger partial charge in [-0.25, -0.2) is 0 Å². The second kappa shape index (κ2) is 10.5. The molecule has 0 atom stereocenters. The number of carbonyl (C=O) groups excluding carboxylic acids is 1. The molecule has 2 heteroatoms. The number of hydrogen-bond acceptors (Lipinski definition) is 1. The highest BCUT2D eigenvalue weighted by Gasteiger charge is 1.94. The molecule has 2 aromatic rings. The standard InChI is InChI=1S/C10H12O.C6H6.ClH/c1-9(11)7-8-10-5-3-2-4-6-10;1-2-4-6-5-3-1;/h2-6H,7-8H2,1H3;1-6H;1H. The maximum Gasteiger partial charge on any atom is 0.130 e. The van der Waals surface area contributed by atoms with E-state index >= 15 is 0 Å². The number of Topliss-reactive ketones (excluding diaryl/α,β-unsaturated/α-hetero) is 1. The number of rotatable bonds is 3. The highest BCUT2D eigenvalue weighted by Crippen LogP contribution is 2.01. The molecule has 0 heterocycles. The fourth-order valence-electron chi connectivity index (χ4n) is 1.35. The first-order valence-electron chi connectivity index (χ1n) is 5.82. The Morgan fingerprint density at radius 3 is 1.61 bits per heavy atom. The molecule has 0 unspecified atom stereocenters. The van der Waals surface area contributed by atoms with Gasteiger partial charge in [0.25, 0.3) is 0 Å². The van der Waals surface area contributed by atoms with Crippen molar-refractivity contribution in [3.05, 3.63) is 72.3 Å². The summed E-state index contributed by atoms with van der Waals surface area (Å²) in [7, 11) is 0. The van der Waals surface area contributed by atoms with Crippen molar-refractivity contribution in [1.82, 2.24) is 0 Å². The Kier molecular flexibility index (Phi) is 9.61. The fourth-order valence-corrected chi connectivity index (χ4v) is 1.35. The van der Waals surface area contributed by atoms with Crippen LogP contribution in [0.1, 0.15) is 18.9 Å². The summed E-state index contributed by atoms with van der Waals surface area (Å²) in [5.74, 6) is 0.258. The number of aryl methyl sites for hydroxylation is 1. The number of hydrogen-bond donors (Lipinski definition) is 0. The molecule has 0 aliphatic carbocycles. The van der Waals surface area contributed by atoms with Crippen LogP contribution in [0.3, 0.4) is 0 Å². The molecule has 2 rings (SSSR count). The zero-order chi connectivity index (χ0) is 12.3. The minimum atomic E-state index is 0. The Morgan fingerprint density at radius 2 is 1.22 bits per heavy atom. The van der Waals surface area contributed by atoms with Crippen molar-refractivity contribution < 1.29 is 4.79 Å². The van der Waals surface area contributed by atoms with E-state index in [-0.39, 0.29) is 18.2 Å². The maximum atomic E-state index is 10.6. The van der Waals surface area contributed by atoms with E-state index in [9.17, 15) is 4.79 Å². The van der Waals surface area contributed by atoms with Crippen molar-refractivity contribution in [3.8, 4) is 0 Å². The van der Waals surface area contributed by atoms with E-state index in [1.807, 2.05) is 66.7 Å². The van der Waals surface area contributed by atoms with E-state index in [1.165, 1.54) is 5.56 Å². The Bertz CT molecular complexity index is 385. The van der Waals surface area contributed by atoms with Gasteiger partial charge in [0.2, 0.25) is 0 Å². The SMILES string of the molecule is CC(=O)CCc1ccccc1.Cl.c1ccccc1. The lowest BCUT2D eigenvalue weighted by Crippen LogP contribution is -1.92. The first-order valence-corrected chi connectivity index (χ1v) is 5.82. The van der Waals surface area contributed by atoms with E-state index in [2.05, 4.69) is 0 Å². The van der Waals surface area contributed by atoms with Crippen LogP contribution in [0, 0.1) is 0 Å². The van der Waals surface area contributed by atoms with Gasteiger partial charge in [-0.3, -0.25) is 0 Å². The van der Waals surface area contributed by atoms with Crippen LogP contribution in [-0.2, 0) is 11.2 Å². The lowest BCUT2D eigenvalue weighted by atomic mass is 10.1. The smallest absolute Gasteiger partial charge is 0.130 e. The van der Waals surface area contributed by atoms with Crippen LogP contribution in [0.25, 0.3) is 0 Å². The van der Waals surface area contributed by atoms with Crippen LogP contribution < -0.4 is 0 Å². The highest BCUT2D eigenvalue weighted by molar-refractivity contribution is 5.85. The summed E-state index contributed by atoms with van der Waals surface area (Å²) in [5.41, 5.74) is 1.24. The van der Waals surface area contributed by atoms with Crippen molar-refractivity contribution in [2.75, 3.05) is 0 Å². The molecule has 0 radical (unpaired) electrons. The average Bonchev–Trinajstić information content (AvgIpc) is 2.40. The molecule has 0 N–H and O–H groups in total. The fraction of sp³-hybridized carbons (Fsp3) is 0.188. The molecular formula is C16H19ClO. The molecule has 0 aliphatic rings. The summed E-state index contributed by atoms with van der Waals surface area (Å²) in [6.07, 6.45) is 1.53. The first kappa shape index (κ1) is 16.4. The lowest BCUT2D eigenvalue weighted by molar-refractivity contribution is -0.116. The molecule has 1 nitrogen and oxygen atoms in total. The van der Waals surface area contributed by atoms with Crippen LogP contribution in [-0.4, -0.2) is 5.78 Å². The predicted molar refractivity (Wildman–Crippen MR) is 79.1 cm³/mol. The van der Waals surface area contributed by atoms with Gasteiger partial charge in [0.1, 0.15) is 5.78 Å². The zero-order valence-electron chi connectivity index (χ0n) is 10.6. The molecule has 96 valence electrons. The average molecular weight is 263 g/mol. The van der Waals surface area contributed by atoms with E-state index in [1.54, 1.807) is 6.92 Å². The third kappa shape index (κ3) is 8.54. The van der Waals surface area contributed by atoms with Gasteiger partial charge in [-0.15, -0.1) is 12.4 Å². The van der Waals surface area contributed by atoms with Gasteiger partial charge in [-0.2, -0.15) is 0 Å². The number of ketones is 1. The summed E-state index contributed by atoms with van der Waals surface area (Å²) in [5, 5.41) is 0. The minimum Gasteiger partial charge on any atom is -0.300 e. The molecule has 0 bridgehead atoms. The summed E-state index contributed by atoms with van der Waals surface area (Å²) in [6.45, 7) is 1.63. The molecule has 0 saturated carbocycles. The van der Waals surface area contributed by atoms with Crippen molar-refractivity contribution in [2.45, 2.75) is 19.8 Å². The molecule has 0 fully saturated rings. The molecule has 18 heavy (non-hydrogen) atoms. The highest BCUT2D eigenvalue weighted by atomic mass is 35.5. The van der Waals surface area contributed by atoms with Crippen LogP contribution in [0.15, 0.2) is 66.7 Å². The third-order valence-corrected chi connectivity index (χ3v) is 2.28. The molecule has 0 spiro atoms. The molecule has 2 aromatic carbocycles. The Labute approximate surface area is 115 Å². The summed E-state index contributed by atoms with van der Waals surface area (Å²) in [6, 6.07) is 22.1. The van der Waals surface area contributed by atoms with Gasteiger partial charge in [0.15, 0.2) is 0 Å². The number of carbonyl (C=O) groups is 1. The molecule has 0 saturated heterocycles. The summed E-state index contributed by atoms with van der Waals surface area (Å²) >= 11 is 0. The monoisotopic (exact) mass is 262 g/mol. The van der Waals surface area contributed by atoms with Gasteiger partial charge >= 0.3 is 0 Å². The van der Waals surface area contributed by atoms with Gasteiger partial charge in [0.05, 0.1) is 0 Å². The second-order valence-electron chi connectivity index (χ2n) is 3.84. The van der Waals surface area contributed by atoms with Crippen LogP contribution in [0.5, 0.6) is 0 Å². The maximum absolute atomic E-state index is 10.6. The molecule has 0 amide bonds. The van der Waals surface area contributed by atoms with Gasteiger partial charge in [-0.1, -0.05) is 66.7 Å². The van der Waals surface area contributed by atoms with Gasteiger partial charge in [0, 0.05) is 6.42 Å². The van der Waals surface area contributed by atoms with Gasteiger partial charge < -0.3 is 4.79 Å². The zero-order valence-corrected chi connectivity index (χ0v) is 11.4. The summed E-state index contributed by atoms with van der Waals surface area (Å²) < 4.78 is 0. The van der Waals surface area contributed by atoms with Crippen molar-refractivity contribution in [3.63, 3.8) is 0 Å². The van der Waals surface area contributed by atoms with Gasteiger partial charge in [-0.05, 0) is 18.9 Å².